The van der Waals surface area contributed by atoms with Crippen molar-refractivity contribution in [1.82, 2.24) is 0 Å². The second-order valence-electron chi connectivity index (χ2n) is 8.88. The number of benzene rings is 3. The van der Waals surface area contributed by atoms with Crippen LogP contribution in [0.3, 0.4) is 0 Å². The Morgan fingerprint density at radius 3 is 1.68 bits per heavy atom. The maximum Gasteiger partial charge on any atom is 0.303 e. The molecule has 0 spiro atoms. The van der Waals surface area contributed by atoms with Crippen molar-refractivity contribution in [3.8, 4) is 0 Å². The monoisotopic (exact) mass is 506 g/mol. The number of esters is 1. The summed E-state index contributed by atoms with van der Waals surface area (Å²) in [6, 6.07) is 29.6. The molecule has 1 saturated heterocycles. The minimum Gasteiger partial charge on any atom is -0.454 e. The molecule has 3 aromatic rings. The Labute approximate surface area is 218 Å². The summed E-state index contributed by atoms with van der Waals surface area (Å²) in [4.78, 5) is 12.0. The van der Waals surface area contributed by atoms with E-state index in [4.69, 9.17) is 28.4 Å². The van der Waals surface area contributed by atoms with Gasteiger partial charge in [-0.25, -0.2) is 0 Å². The van der Waals surface area contributed by atoms with Gasteiger partial charge in [-0.1, -0.05) is 91.0 Å². The second kappa shape index (κ2) is 14.0. The predicted octanol–water partition coefficient (Wildman–Crippen LogP) is 4.68. The normalized spacial score (nSPS) is 23.5. The Bertz CT molecular complexity index is 1060. The Hall–Kier alpha value is -3.07. The lowest BCUT2D eigenvalue weighted by molar-refractivity contribution is -0.315. The van der Waals surface area contributed by atoms with Crippen LogP contribution in [0.1, 0.15) is 23.6 Å². The van der Waals surface area contributed by atoms with Gasteiger partial charge in [-0.05, 0) is 16.7 Å². The van der Waals surface area contributed by atoms with Crippen molar-refractivity contribution in [3.63, 3.8) is 0 Å². The smallest absolute Gasteiger partial charge is 0.303 e. The highest BCUT2D eigenvalue weighted by atomic mass is 16.7. The van der Waals surface area contributed by atoms with E-state index in [9.17, 15) is 4.79 Å². The van der Waals surface area contributed by atoms with E-state index in [-0.39, 0.29) is 6.61 Å². The third-order valence-corrected chi connectivity index (χ3v) is 6.09. The van der Waals surface area contributed by atoms with Crippen LogP contribution in [0.2, 0.25) is 0 Å². The van der Waals surface area contributed by atoms with Crippen molar-refractivity contribution in [2.75, 3.05) is 13.7 Å². The van der Waals surface area contributed by atoms with Crippen LogP contribution < -0.4 is 0 Å². The minimum absolute atomic E-state index is 0.242. The molecule has 0 N–H and O–H groups in total. The van der Waals surface area contributed by atoms with E-state index in [1.54, 1.807) is 0 Å². The molecular formula is C30H34O7. The van der Waals surface area contributed by atoms with Crippen molar-refractivity contribution < 1.29 is 33.2 Å². The highest BCUT2D eigenvalue weighted by Crippen LogP contribution is 2.30. The molecule has 7 heteroatoms. The van der Waals surface area contributed by atoms with E-state index in [1.807, 2.05) is 91.0 Å². The number of carbonyl (C=O) groups is 1. The number of rotatable bonds is 12. The lowest BCUT2D eigenvalue weighted by Crippen LogP contribution is -2.62. The maximum atomic E-state index is 12.0. The van der Waals surface area contributed by atoms with Crippen LogP contribution in [0.4, 0.5) is 0 Å². The molecule has 0 aliphatic carbocycles. The van der Waals surface area contributed by atoms with Crippen LogP contribution in [0.15, 0.2) is 91.0 Å². The highest BCUT2D eigenvalue weighted by Gasteiger charge is 2.49. The summed E-state index contributed by atoms with van der Waals surface area (Å²) >= 11 is 0. The van der Waals surface area contributed by atoms with Gasteiger partial charge in [-0.3, -0.25) is 4.79 Å². The molecule has 1 aliphatic rings. The molecule has 3 unspecified atom stereocenters. The van der Waals surface area contributed by atoms with Crippen LogP contribution in [0.5, 0.6) is 0 Å². The summed E-state index contributed by atoms with van der Waals surface area (Å²) in [6.07, 6.45) is -3.43. The fourth-order valence-electron chi connectivity index (χ4n) is 4.31. The Kier molecular flexibility index (Phi) is 10.2. The molecule has 5 atom stereocenters. The van der Waals surface area contributed by atoms with Gasteiger partial charge in [0.25, 0.3) is 0 Å². The SMILES string of the molecule is CO[C@@H]1OC(COCc2ccccc2)[C@H](OCc2ccccc2)C(OCc2ccccc2)C1OC(C)=O. The van der Waals surface area contributed by atoms with Crippen molar-refractivity contribution in [3.05, 3.63) is 108 Å². The summed E-state index contributed by atoms with van der Waals surface area (Å²) < 4.78 is 36.4. The number of methoxy groups -OCH3 is 1. The molecule has 1 heterocycles. The first kappa shape index (κ1) is 27.0. The Balaban J connectivity index is 1.56. The maximum absolute atomic E-state index is 12.0. The quantitative estimate of drug-likeness (QED) is 0.331. The van der Waals surface area contributed by atoms with Gasteiger partial charge in [-0.2, -0.15) is 0 Å². The van der Waals surface area contributed by atoms with Crippen LogP contribution in [0, 0.1) is 0 Å². The molecule has 4 rings (SSSR count). The average Bonchev–Trinajstić information content (AvgIpc) is 2.93. The van der Waals surface area contributed by atoms with Gasteiger partial charge in [0.15, 0.2) is 12.4 Å². The molecule has 7 nitrogen and oxygen atoms in total. The fraction of sp³-hybridized carbons (Fsp3) is 0.367. The first-order valence-corrected chi connectivity index (χ1v) is 12.4. The van der Waals surface area contributed by atoms with Gasteiger partial charge >= 0.3 is 5.97 Å². The number of hydrogen-bond acceptors (Lipinski definition) is 7. The molecule has 37 heavy (non-hydrogen) atoms. The molecule has 0 bridgehead atoms. The van der Waals surface area contributed by atoms with Gasteiger partial charge in [-0.15, -0.1) is 0 Å². The van der Waals surface area contributed by atoms with Gasteiger partial charge in [0.1, 0.15) is 18.3 Å². The summed E-state index contributed by atoms with van der Waals surface area (Å²) in [5.41, 5.74) is 3.05. The van der Waals surface area contributed by atoms with Gasteiger partial charge in [0.2, 0.25) is 0 Å². The van der Waals surface area contributed by atoms with E-state index in [1.165, 1.54) is 14.0 Å². The molecule has 1 aliphatic heterocycles. The lowest BCUT2D eigenvalue weighted by atomic mass is 9.98. The highest BCUT2D eigenvalue weighted by molar-refractivity contribution is 5.66. The molecule has 3 aromatic carbocycles. The summed E-state index contributed by atoms with van der Waals surface area (Å²) in [7, 11) is 1.52. The topological polar surface area (TPSA) is 72.5 Å². The zero-order valence-corrected chi connectivity index (χ0v) is 21.2. The molecule has 196 valence electrons. The Morgan fingerprint density at radius 1 is 0.703 bits per heavy atom. The third kappa shape index (κ3) is 7.95. The summed E-state index contributed by atoms with van der Waals surface area (Å²) in [5.74, 6) is -0.454. The van der Waals surface area contributed by atoms with E-state index in [0.717, 1.165) is 16.7 Å². The zero-order valence-electron chi connectivity index (χ0n) is 21.2. The summed E-state index contributed by atoms with van der Waals surface area (Å²) in [6.45, 7) is 2.66. The minimum atomic E-state index is -0.841. The average molecular weight is 507 g/mol. The largest absolute Gasteiger partial charge is 0.454 e. The first-order chi connectivity index (χ1) is 18.1. The zero-order chi connectivity index (χ0) is 25.9. The van der Waals surface area contributed by atoms with Crippen LogP contribution in [0.25, 0.3) is 0 Å². The van der Waals surface area contributed by atoms with Crippen LogP contribution in [-0.2, 0) is 53.0 Å². The molecule has 0 saturated carbocycles. The van der Waals surface area contributed by atoms with Crippen LogP contribution >= 0.6 is 0 Å². The van der Waals surface area contributed by atoms with Crippen LogP contribution in [-0.4, -0.2) is 50.4 Å². The van der Waals surface area contributed by atoms with Crippen molar-refractivity contribution in [2.45, 2.75) is 57.5 Å². The lowest BCUT2D eigenvalue weighted by Gasteiger charge is -2.45. The predicted molar refractivity (Wildman–Crippen MR) is 137 cm³/mol. The van der Waals surface area contributed by atoms with Crippen molar-refractivity contribution >= 4 is 5.97 Å². The number of ether oxygens (including phenoxy) is 6. The van der Waals surface area contributed by atoms with E-state index in [2.05, 4.69) is 0 Å². The molecule has 0 amide bonds. The van der Waals surface area contributed by atoms with Crippen molar-refractivity contribution in [2.24, 2.45) is 0 Å². The fourth-order valence-corrected chi connectivity index (χ4v) is 4.31. The first-order valence-electron chi connectivity index (χ1n) is 12.4. The molecule has 0 radical (unpaired) electrons. The van der Waals surface area contributed by atoms with Gasteiger partial charge in [0, 0.05) is 14.0 Å². The molecule has 0 aromatic heterocycles. The summed E-state index contributed by atoms with van der Waals surface area (Å²) in [5, 5.41) is 0. The van der Waals surface area contributed by atoms with E-state index < -0.39 is 36.7 Å². The number of carbonyl (C=O) groups excluding carboxylic acids is 1. The molecule has 1 fully saturated rings. The molecular weight excluding hydrogens is 472 g/mol. The third-order valence-electron chi connectivity index (χ3n) is 6.09. The van der Waals surface area contributed by atoms with E-state index in [0.29, 0.717) is 19.8 Å². The van der Waals surface area contributed by atoms with Gasteiger partial charge in [0.05, 0.1) is 26.4 Å². The Morgan fingerprint density at radius 2 is 1.19 bits per heavy atom. The second-order valence-corrected chi connectivity index (χ2v) is 8.88. The standard InChI is InChI=1S/C30H34O7/c1-22(31)36-29-28(35-20-25-16-10-5-11-17-25)27(34-19-24-14-8-4-9-15-24)26(37-30(29)32-2)21-33-18-23-12-6-3-7-13-23/h3-17,26-30H,18-21H2,1-2H3/t26?,27-,28?,29?,30+/m0/s1. The van der Waals surface area contributed by atoms with Gasteiger partial charge < -0.3 is 28.4 Å². The van der Waals surface area contributed by atoms with Crippen molar-refractivity contribution in [1.29, 1.82) is 0 Å². The number of hydrogen-bond donors (Lipinski definition) is 0. The van der Waals surface area contributed by atoms with E-state index >= 15 is 0 Å².